The van der Waals surface area contributed by atoms with E-state index >= 15 is 0 Å². The van der Waals surface area contributed by atoms with Gasteiger partial charge in [0.05, 0.1) is 21.3 Å². The van der Waals surface area contributed by atoms with E-state index in [1.54, 1.807) is 28.1 Å². The highest BCUT2D eigenvalue weighted by atomic mass is 79.9. The Morgan fingerprint density at radius 1 is 1.20 bits per heavy atom. The van der Waals surface area contributed by atoms with Crippen molar-refractivity contribution in [2.24, 2.45) is 0 Å². The highest BCUT2D eigenvalue weighted by Gasteiger charge is 2.28. The average molecular weight is 346 g/mol. The van der Waals surface area contributed by atoms with Gasteiger partial charge >= 0.3 is 5.97 Å². The van der Waals surface area contributed by atoms with Crippen molar-refractivity contribution in [3.8, 4) is 11.5 Å². The molecule has 1 N–H and O–H groups in total. The highest BCUT2D eigenvalue weighted by Crippen LogP contribution is 2.33. The predicted molar refractivity (Wildman–Crippen MR) is 80.2 cm³/mol. The first kappa shape index (κ1) is 16.8. The number of carbonyl (C=O) groups is 1. The molecular weight excluding hydrogens is 326 g/mol. The lowest BCUT2D eigenvalue weighted by molar-refractivity contribution is -0.147. The summed E-state index contributed by atoms with van der Waals surface area (Å²) in [6, 6.07) is 3.70. The minimum absolute atomic E-state index is 0.311. The van der Waals surface area contributed by atoms with Gasteiger partial charge in [-0.2, -0.15) is 0 Å². The summed E-state index contributed by atoms with van der Waals surface area (Å²) in [6.45, 7) is 4.03. The summed E-state index contributed by atoms with van der Waals surface area (Å²) in [5.41, 5.74) is 0.195. The smallest absolute Gasteiger partial charge is 0.325 e. The van der Waals surface area contributed by atoms with Crippen molar-refractivity contribution in [3.63, 3.8) is 0 Å². The molecule has 0 aliphatic rings. The Labute approximate surface area is 127 Å². The molecule has 5 nitrogen and oxygen atoms in total. The second-order valence-electron chi connectivity index (χ2n) is 4.77. The first-order chi connectivity index (χ1) is 9.35. The fourth-order valence-corrected chi connectivity index (χ4v) is 2.14. The predicted octanol–water partition coefficient (Wildman–Crippen LogP) is 2.51. The Morgan fingerprint density at radius 3 is 2.25 bits per heavy atom. The molecule has 0 saturated carbocycles. The largest absolute Gasteiger partial charge is 0.493 e. The maximum absolute atomic E-state index is 11.6. The second-order valence-corrected chi connectivity index (χ2v) is 5.62. The Bertz CT molecular complexity index is 488. The number of hydrogen-bond acceptors (Lipinski definition) is 5. The van der Waals surface area contributed by atoms with E-state index < -0.39 is 5.54 Å². The van der Waals surface area contributed by atoms with E-state index in [9.17, 15) is 4.79 Å². The number of esters is 1. The van der Waals surface area contributed by atoms with Crippen molar-refractivity contribution in [1.29, 1.82) is 0 Å². The topological polar surface area (TPSA) is 56.8 Å². The Balaban J connectivity index is 2.91. The Kier molecular flexibility index (Phi) is 5.83. The molecule has 1 rings (SSSR count). The zero-order chi connectivity index (χ0) is 15.3. The van der Waals surface area contributed by atoms with Crippen molar-refractivity contribution in [3.05, 3.63) is 22.2 Å². The number of benzene rings is 1. The molecule has 0 spiro atoms. The number of hydrogen-bond donors (Lipinski definition) is 1. The van der Waals surface area contributed by atoms with Crippen LogP contribution in [0.5, 0.6) is 11.5 Å². The van der Waals surface area contributed by atoms with E-state index in [1.165, 1.54) is 7.11 Å². The van der Waals surface area contributed by atoms with E-state index in [4.69, 9.17) is 14.2 Å². The molecule has 0 heterocycles. The van der Waals surface area contributed by atoms with E-state index in [1.807, 2.05) is 12.1 Å². The normalized spacial score (nSPS) is 11.1. The molecular formula is C14H20BrNO4. The van der Waals surface area contributed by atoms with Crippen LogP contribution in [0.2, 0.25) is 0 Å². The summed E-state index contributed by atoms with van der Waals surface area (Å²) in [4.78, 5) is 11.6. The molecule has 20 heavy (non-hydrogen) atoms. The first-order valence-corrected chi connectivity index (χ1v) is 6.89. The van der Waals surface area contributed by atoms with Gasteiger partial charge in [-0.05, 0) is 31.5 Å². The van der Waals surface area contributed by atoms with Crippen molar-refractivity contribution < 1.29 is 19.0 Å². The van der Waals surface area contributed by atoms with Crippen molar-refractivity contribution in [2.75, 3.05) is 21.3 Å². The molecule has 0 saturated heterocycles. The van der Waals surface area contributed by atoms with Gasteiger partial charge in [0, 0.05) is 11.0 Å². The molecule has 0 bridgehead atoms. The van der Waals surface area contributed by atoms with Crippen LogP contribution in [0.1, 0.15) is 19.4 Å². The lowest BCUT2D eigenvalue weighted by Crippen LogP contribution is -2.47. The van der Waals surface area contributed by atoms with Gasteiger partial charge in [0.25, 0.3) is 0 Å². The maximum atomic E-state index is 11.6. The van der Waals surface area contributed by atoms with Crippen molar-refractivity contribution in [2.45, 2.75) is 25.9 Å². The van der Waals surface area contributed by atoms with Gasteiger partial charge in [0.15, 0.2) is 11.5 Å². The van der Waals surface area contributed by atoms with Crippen LogP contribution in [-0.4, -0.2) is 32.8 Å². The third kappa shape index (κ3) is 3.86. The molecule has 112 valence electrons. The van der Waals surface area contributed by atoms with Crippen LogP contribution in [0.15, 0.2) is 16.6 Å². The lowest BCUT2D eigenvalue weighted by atomic mass is 10.1. The SMILES string of the molecule is COC(=O)C(C)(C)NCc1cc(OC)c(OC)cc1Br. The summed E-state index contributed by atoms with van der Waals surface area (Å²) in [5, 5.41) is 3.15. The molecule has 0 aliphatic carbocycles. The molecule has 0 atom stereocenters. The number of methoxy groups -OCH3 is 3. The molecule has 0 radical (unpaired) electrons. The van der Waals surface area contributed by atoms with E-state index in [-0.39, 0.29) is 5.97 Å². The van der Waals surface area contributed by atoms with Gasteiger partial charge in [0.2, 0.25) is 0 Å². The van der Waals surface area contributed by atoms with Gasteiger partial charge < -0.3 is 14.2 Å². The summed E-state index contributed by atoms with van der Waals surface area (Å²) < 4.78 is 16.1. The van der Waals surface area contributed by atoms with Crippen LogP contribution in [-0.2, 0) is 16.1 Å². The number of carbonyl (C=O) groups excluding carboxylic acids is 1. The minimum Gasteiger partial charge on any atom is -0.493 e. The standard InChI is InChI=1S/C14H20BrNO4/c1-14(2,13(17)20-5)16-8-9-6-11(18-3)12(19-4)7-10(9)15/h6-7,16H,8H2,1-5H3. The third-order valence-corrected chi connectivity index (χ3v) is 3.71. The molecule has 1 aromatic carbocycles. The van der Waals surface area contributed by atoms with Gasteiger partial charge in [0.1, 0.15) is 5.54 Å². The molecule has 6 heteroatoms. The first-order valence-electron chi connectivity index (χ1n) is 6.09. The Hall–Kier alpha value is -1.27. The summed E-state index contributed by atoms with van der Waals surface area (Å²) >= 11 is 3.48. The molecule has 1 aromatic rings. The van der Waals surface area contributed by atoms with Gasteiger partial charge in [-0.3, -0.25) is 10.1 Å². The number of rotatable bonds is 6. The van der Waals surface area contributed by atoms with E-state index in [2.05, 4.69) is 21.2 Å². The third-order valence-electron chi connectivity index (χ3n) is 2.97. The number of halogens is 1. The molecule has 0 fully saturated rings. The summed E-state index contributed by atoms with van der Waals surface area (Å²) in [7, 11) is 4.54. The van der Waals surface area contributed by atoms with Gasteiger partial charge in [-0.15, -0.1) is 0 Å². The van der Waals surface area contributed by atoms with Crippen molar-refractivity contribution >= 4 is 21.9 Å². The monoisotopic (exact) mass is 345 g/mol. The van der Waals surface area contributed by atoms with Crippen LogP contribution >= 0.6 is 15.9 Å². The molecule has 0 amide bonds. The van der Waals surface area contributed by atoms with E-state index in [0.717, 1.165) is 10.0 Å². The summed E-state index contributed by atoms with van der Waals surface area (Å²) in [6.07, 6.45) is 0. The molecule has 0 unspecified atom stereocenters. The highest BCUT2D eigenvalue weighted by molar-refractivity contribution is 9.10. The fraction of sp³-hybridized carbons (Fsp3) is 0.500. The van der Waals surface area contributed by atoms with Crippen molar-refractivity contribution in [1.82, 2.24) is 5.32 Å². The quantitative estimate of drug-likeness (QED) is 0.802. The second kappa shape index (κ2) is 6.95. The zero-order valence-electron chi connectivity index (χ0n) is 12.4. The zero-order valence-corrected chi connectivity index (χ0v) is 14.0. The molecule has 0 aromatic heterocycles. The molecule has 0 aliphatic heterocycles. The fourth-order valence-electron chi connectivity index (χ4n) is 1.68. The number of nitrogens with one attached hydrogen (secondary N) is 1. The van der Waals surface area contributed by atoms with Crippen LogP contribution < -0.4 is 14.8 Å². The van der Waals surface area contributed by atoms with Crippen LogP contribution in [0.25, 0.3) is 0 Å². The van der Waals surface area contributed by atoms with Crippen LogP contribution in [0.3, 0.4) is 0 Å². The Morgan fingerprint density at radius 2 is 1.75 bits per heavy atom. The van der Waals surface area contributed by atoms with Gasteiger partial charge in [-0.25, -0.2) is 0 Å². The average Bonchev–Trinajstić information content (AvgIpc) is 2.44. The van der Waals surface area contributed by atoms with Gasteiger partial charge in [-0.1, -0.05) is 15.9 Å². The number of ether oxygens (including phenoxy) is 3. The lowest BCUT2D eigenvalue weighted by Gasteiger charge is -2.23. The summed E-state index contributed by atoms with van der Waals surface area (Å²) in [5.74, 6) is 0.979. The van der Waals surface area contributed by atoms with Crippen LogP contribution in [0.4, 0.5) is 0 Å². The van der Waals surface area contributed by atoms with Crippen LogP contribution in [0, 0.1) is 0 Å². The van der Waals surface area contributed by atoms with E-state index in [0.29, 0.717) is 18.0 Å². The maximum Gasteiger partial charge on any atom is 0.325 e. The minimum atomic E-state index is -0.763.